The summed E-state index contributed by atoms with van der Waals surface area (Å²) in [6.45, 7) is 0.524. The van der Waals surface area contributed by atoms with Gasteiger partial charge in [0.2, 0.25) is 0 Å². The number of piperidine rings is 1. The number of esters is 1. The number of likely N-dealkylation sites (tertiary alicyclic amines) is 1. The molecule has 0 aliphatic carbocycles. The van der Waals surface area contributed by atoms with Gasteiger partial charge in [-0.15, -0.1) is 0 Å². The lowest BCUT2D eigenvalue weighted by molar-refractivity contribution is -0.147. The van der Waals surface area contributed by atoms with Crippen LogP contribution in [0, 0.1) is 0 Å². The lowest BCUT2D eigenvalue weighted by Crippen LogP contribution is -2.48. The number of benzene rings is 1. The predicted octanol–water partition coefficient (Wildman–Crippen LogP) is 1.45. The quantitative estimate of drug-likeness (QED) is 0.673. The Kier molecular flexibility index (Phi) is 4.67. The molecule has 1 amide bonds. The summed E-state index contributed by atoms with van der Waals surface area (Å²) in [6.07, 6.45) is 2.38. The molecule has 1 aromatic carbocycles. The van der Waals surface area contributed by atoms with E-state index in [1.165, 1.54) is 14.2 Å². The molecule has 6 heteroatoms. The highest BCUT2D eigenvalue weighted by Gasteiger charge is 2.34. The SMILES string of the molecule is COC(=O)C1CCCCN1C(=O)c1cc(N)ccc1OC. The van der Waals surface area contributed by atoms with Crippen molar-refractivity contribution in [3.05, 3.63) is 23.8 Å². The molecule has 1 atom stereocenters. The van der Waals surface area contributed by atoms with Crippen LogP contribution in [0.5, 0.6) is 5.75 Å². The second-order valence-corrected chi connectivity index (χ2v) is 4.99. The van der Waals surface area contributed by atoms with Gasteiger partial charge in [0.1, 0.15) is 11.8 Å². The molecule has 1 aromatic rings. The third-order valence-corrected chi connectivity index (χ3v) is 3.69. The van der Waals surface area contributed by atoms with Crippen molar-refractivity contribution >= 4 is 17.6 Å². The topological polar surface area (TPSA) is 81.9 Å². The number of anilines is 1. The molecule has 6 nitrogen and oxygen atoms in total. The second-order valence-electron chi connectivity index (χ2n) is 4.99. The smallest absolute Gasteiger partial charge is 0.328 e. The molecule has 1 unspecified atom stereocenters. The molecule has 0 bridgehead atoms. The number of hydrogen-bond donors (Lipinski definition) is 1. The number of rotatable bonds is 3. The lowest BCUT2D eigenvalue weighted by Gasteiger charge is -2.34. The molecule has 1 aliphatic rings. The van der Waals surface area contributed by atoms with Gasteiger partial charge in [-0.05, 0) is 37.5 Å². The van der Waals surface area contributed by atoms with Crippen molar-refractivity contribution in [3.63, 3.8) is 0 Å². The van der Waals surface area contributed by atoms with E-state index in [0.717, 1.165) is 12.8 Å². The number of nitrogen functional groups attached to an aromatic ring is 1. The average Bonchev–Trinajstić information content (AvgIpc) is 2.53. The van der Waals surface area contributed by atoms with E-state index < -0.39 is 6.04 Å². The van der Waals surface area contributed by atoms with Crippen LogP contribution in [0.2, 0.25) is 0 Å². The van der Waals surface area contributed by atoms with Crippen molar-refractivity contribution in [1.82, 2.24) is 4.90 Å². The number of amides is 1. The van der Waals surface area contributed by atoms with Crippen molar-refractivity contribution in [2.45, 2.75) is 25.3 Å². The van der Waals surface area contributed by atoms with E-state index in [4.69, 9.17) is 15.2 Å². The third kappa shape index (κ3) is 3.09. The summed E-state index contributed by atoms with van der Waals surface area (Å²) >= 11 is 0. The first-order valence-electron chi connectivity index (χ1n) is 6.90. The van der Waals surface area contributed by atoms with Gasteiger partial charge in [-0.2, -0.15) is 0 Å². The number of nitrogens with two attached hydrogens (primary N) is 1. The molecular weight excluding hydrogens is 272 g/mol. The fourth-order valence-corrected chi connectivity index (χ4v) is 2.60. The van der Waals surface area contributed by atoms with E-state index in [2.05, 4.69) is 0 Å². The normalized spacial score (nSPS) is 18.2. The van der Waals surface area contributed by atoms with E-state index in [9.17, 15) is 9.59 Å². The minimum Gasteiger partial charge on any atom is -0.496 e. The van der Waals surface area contributed by atoms with Gasteiger partial charge >= 0.3 is 5.97 Å². The van der Waals surface area contributed by atoms with Crippen LogP contribution in [0.1, 0.15) is 29.6 Å². The molecule has 1 fully saturated rings. The first kappa shape index (κ1) is 15.2. The Balaban J connectivity index is 2.33. The lowest BCUT2D eigenvalue weighted by atomic mass is 10.0. The Morgan fingerprint density at radius 1 is 1.29 bits per heavy atom. The van der Waals surface area contributed by atoms with Crippen molar-refractivity contribution in [2.24, 2.45) is 0 Å². The van der Waals surface area contributed by atoms with Gasteiger partial charge in [0.05, 0.1) is 19.8 Å². The summed E-state index contributed by atoms with van der Waals surface area (Å²) in [5.74, 6) is -0.191. The largest absolute Gasteiger partial charge is 0.496 e. The van der Waals surface area contributed by atoms with E-state index in [1.807, 2.05) is 0 Å². The molecule has 0 aromatic heterocycles. The van der Waals surface area contributed by atoms with Crippen LogP contribution in [-0.2, 0) is 9.53 Å². The number of ether oxygens (including phenoxy) is 2. The van der Waals surface area contributed by atoms with Gasteiger partial charge in [0.25, 0.3) is 5.91 Å². The summed E-state index contributed by atoms with van der Waals surface area (Å²) in [5.41, 5.74) is 6.60. The first-order chi connectivity index (χ1) is 10.1. The van der Waals surface area contributed by atoms with Crippen molar-refractivity contribution < 1.29 is 19.1 Å². The Morgan fingerprint density at radius 3 is 2.71 bits per heavy atom. The maximum atomic E-state index is 12.7. The van der Waals surface area contributed by atoms with E-state index in [0.29, 0.717) is 30.0 Å². The monoisotopic (exact) mass is 292 g/mol. The molecule has 0 spiro atoms. The zero-order valence-electron chi connectivity index (χ0n) is 12.3. The summed E-state index contributed by atoms with van der Waals surface area (Å²) < 4.78 is 10.0. The average molecular weight is 292 g/mol. The molecule has 1 saturated heterocycles. The van der Waals surface area contributed by atoms with Gasteiger partial charge < -0.3 is 20.1 Å². The zero-order valence-corrected chi connectivity index (χ0v) is 12.3. The minimum atomic E-state index is -0.539. The van der Waals surface area contributed by atoms with Gasteiger partial charge in [0.15, 0.2) is 0 Å². The number of nitrogens with zero attached hydrogens (tertiary/aromatic N) is 1. The van der Waals surface area contributed by atoms with Gasteiger partial charge in [-0.3, -0.25) is 4.79 Å². The van der Waals surface area contributed by atoms with Gasteiger partial charge in [-0.25, -0.2) is 4.79 Å². The molecule has 2 N–H and O–H groups in total. The first-order valence-corrected chi connectivity index (χ1v) is 6.90. The van der Waals surface area contributed by atoms with Crippen LogP contribution in [0.4, 0.5) is 5.69 Å². The Bertz CT molecular complexity index is 544. The number of methoxy groups -OCH3 is 2. The van der Waals surface area contributed by atoms with Crippen LogP contribution in [0.3, 0.4) is 0 Å². The number of carbonyl (C=O) groups excluding carboxylic acids is 2. The zero-order chi connectivity index (χ0) is 15.4. The van der Waals surface area contributed by atoms with Gasteiger partial charge in [-0.1, -0.05) is 0 Å². The van der Waals surface area contributed by atoms with Crippen LogP contribution in [-0.4, -0.2) is 43.6 Å². The summed E-state index contributed by atoms with van der Waals surface area (Å²) in [7, 11) is 2.83. The number of hydrogen-bond acceptors (Lipinski definition) is 5. The summed E-state index contributed by atoms with van der Waals surface area (Å²) in [4.78, 5) is 26.2. The predicted molar refractivity (Wildman–Crippen MR) is 78.1 cm³/mol. The van der Waals surface area contributed by atoms with Crippen LogP contribution >= 0.6 is 0 Å². The Morgan fingerprint density at radius 2 is 2.05 bits per heavy atom. The molecule has 2 rings (SSSR count). The van der Waals surface area contributed by atoms with Crippen molar-refractivity contribution in [2.75, 3.05) is 26.5 Å². The minimum absolute atomic E-state index is 0.255. The highest BCUT2D eigenvalue weighted by Crippen LogP contribution is 2.26. The fourth-order valence-electron chi connectivity index (χ4n) is 2.60. The van der Waals surface area contributed by atoms with E-state index in [1.54, 1.807) is 23.1 Å². The molecule has 0 radical (unpaired) electrons. The molecule has 114 valence electrons. The summed E-state index contributed by atoms with van der Waals surface area (Å²) in [6, 6.07) is 4.36. The van der Waals surface area contributed by atoms with E-state index in [-0.39, 0.29) is 11.9 Å². The van der Waals surface area contributed by atoms with Crippen molar-refractivity contribution in [3.8, 4) is 5.75 Å². The molecule has 0 saturated carbocycles. The molecular formula is C15H20N2O4. The Labute approximate surface area is 123 Å². The van der Waals surface area contributed by atoms with E-state index >= 15 is 0 Å². The Hall–Kier alpha value is -2.24. The van der Waals surface area contributed by atoms with Crippen molar-refractivity contribution in [1.29, 1.82) is 0 Å². The standard InChI is InChI=1S/C15H20N2O4/c1-20-13-7-6-10(16)9-11(13)14(18)17-8-4-3-5-12(17)15(19)21-2/h6-7,9,12H,3-5,8,16H2,1-2H3. The summed E-state index contributed by atoms with van der Waals surface area (Å²) in [5, 5.41) is 0. The number of carbonyl (C=O) groups is 2. The second kappa shape index (κ2) is 6.47. The van der Waals surface area contributed by atoms with Crippen LogP contribution in [0.25, 0.3) is 0 Å². The highest BCUT2D eigenvalue weighted by atomic mass is 16.5. The fraction of sp³-hybridized carbons (Fsp3) is 0.467. The molecule has 1 heterocycles. The van der Waals surface area contributed by atoms with Crippen LogP contribution < -0.4 is 10.5 Å². The maximum absolute atomic E-state index is 12.7. The molecule has 1 aliphatic heterocycles. The molecule has 21 heavy (non-hydrogen) atoms. The third-order valence-electron chi connectivity index (χ3n) is 3.69. The maximum Gasteiger partial charge on any atom is 0.328 e. The highest BCUT2D eigenvalue weighted by molar-refractivity contribution is 6.00. The van der Waals surface area contributed by atoms with Crippen LogP contribution in [0.15, 0.2) is 18.2 Å². The van der Waals surface area contributed by atoms with Gasteiger partial charge in [0, 0.05) is 12.2 Å².